The van der Waals surface area contributed by atoms with E-state index in [1.807, 2.05) is 13.8 Å². The first kappa shape index (κ1) is 12.9. The molecule has 94 valence electrons. The molecule has 0 aliphatic carbocycles. The molecule has 0 bridgehead atoms. The lowest BCUT2D eigenvalue weighted by Crippen LogP contribution is -2.02. The highest BCUT2D eigenvalue weighted by Gasteiger charge is 2.11. The Morgan fingerprint density at radius 3 is 2.56 bits per heavy atom. The SMILES string of the molecule is Cc1nc(N)nc(Oc2ccc(Cl)cc2Cl)c1C. The molecule has 0 unspecified atom stereocenters. The van der Waals surface area contributed by atoms with Gasteiger partial charge in [-0.25, -0.2) is 4.98 Å². The fourth-order valence-corrected chi connectivity index (χ4v) is 1.83. The van der Waals surface area contributed by atoms with Crippen LogP contribution in [0.2, 0.25) is 10.0 Å². The summed E-state index contributed by atoms with van der Waals surface area (Å²) in [5.74, 6) is 1.03. The van der Waals surface area contributed by atoms with E-state index in [9.17, 15) is 0 Å². The van der Waals surface area contributed by atoms with Gasteiger partial charge < -0.3 is 10.5 Å². The lowest BCUT2D eigenvalue weighted by Gasteiger charge is -2.11. The van der Waals surface area contributed by atoms with Crippen LogP contribution in [-0.2, 0) is 0 Å². The fraction of sp³-hybridized carbons (Fsp3) is 0.167. The number of benzene rings is 1. The second-order valence-electron chi connectivity index (χ2n) is 3.77. The van der Waals surface area contributed by atoms with Gasteiger partial charge >= 0.3 is 0 Å². The topological polar surface area (TPSA) is 61.0 Å². The van der Waals surface area contributed by atoms with Gasteiger partial charge in [-0.15, -0.1) is 0 Å². The minimum Gasteiger partial charge on any atom is -0.437 e. The van der Waals surface area contributed by atoms with Gasteiger partial charge in [0.15, 0.2) is 0 Å². The average Bonchev–Trinajstić information content (AvgIpc) is 2.29. The Bertz CT molecular complexity index is 602. The van der Waals surface area contributed by atoms with Gasteiger partial charge in [0.2, 0.25) is 11.8 Å². The Balaban J connectivity index is 2.40. The number of halogens is 2. The molecule has 18 heavy (non-hydrogen) atoms. The predicted octanol–water partition coefficient (Wildman–Crippen LogP) is 3.77. The van der Waals surface area contributed by atoms with Crippen LogP contribution >= 0.6 is 23.2 Å². The van der Waals surface area contributed by atoms with E-state index in [-0.39, 0.29) is 5.95 Å². The molecule has 0 aliphatic rings. The summed E-state index contributed by atoms with van der Waals surface area (Å²) < 4.78 is 5.63. The molecule has 0 amide bonds. The first-order valence-electron chi connectivity index (χ1n) is 5.21. The molecule has 1 aromatic heterocycles. The number of anilines is 1. The number of ether oxygens (including phenoxy) is 1. The zero-order valence-electron chi connectivity index (χ0n) is 9.87. The lowest BCUT2D eigenvalue weighted by atomic mass is 10.2. The van der Waals surface area contributed by atoms with Crippen LogP contribution in [-0.4, -0.2) is 9.97 Å². The van der Waals surface area contributed by atoms with Crippen molar-refractivity contribution in [3.63, 3.8) is 0 Å². The highest BCUT2D eigenvalue weighted by atomic mass is 35.5. The number of hydrogen-bond acceptors (Lipinski definition) is 4. The van der Waals surface area contributed by atoms with Crippen LogP contribution in [0.25, 0.3) is 0 Å². The van der Waals surface area contributed by atoms with Gasteiger partial charge in [0.25, 0.3) is 0 Å². The molecular weight excluding hydrogens is 273 g/mol. The molecule has 2 rings (SSSR count). The maximum Gasteiger partial charge on any atom is 0.227 e. The molecule has 0 aliphatic heterocycles. The third-order valence-electron chi connectivity index (χ3n) is 2.46. The normalized spacial score (nSPS) is 10.4. The van der Waals surface area contributed by atoms with Crippen LogP contribution < -0.4 is 10.5 Å². The van der Waals surface area contributed by atoms with Gasteiger partial charge in [0.1, 0.15) is 5.75 Å². The summed E-state index contributed by atoms with van der Waals surface area (Å²) in [4.78, 5) is 8.09. The van der Waals surface area contributed by atoms with Crippen LogP contribution in [0.3, 0.4) is 0 Å². The highest BCUT2D eigenvalue weighted by molar-refractivity contribution is 6.35. The Hall–Kier alpha value is -1.52. The summed E-state index contributed by atoms with van der Waals surface area (Å²) in [6, 6.07) is 4.97. The van der Waals surface area contributed by atoms with Crippen molar-refractivity contribution in [2.45, 2.75) is 13.8 Å². The molecule has 6 heteroatoms. The van der Waals surface area contributed by atoms with Crippen molar-refractivity contribution in [1.82, 2.24) is 9.97 Å². The molecule has 2 aromatic rings. The van der Waals surface area contributed by atoms with Crippen molar-refractivity contribution < 1.29 is 4.74 Å². The summed E-state index contributed by atoms with van der Waals surface area (Å²) in [5.41, 5.74) is 7.17. The molecule has 0 spiro atoms. The number of nitrogen functional groups attached to an aromatic ring is 1. The van der Waals surface area contributed by atoms with Gasteiger partial charge in [-0.2, -0.15) is 4.98 Å². The Morgan fingerprint density at radius 2 is 1.89 bits per heavy atom. The van der Waals surface area contributed by atoms with E-state index in [2.05, 4.69) is 9.97 Å². The molecule has 1 aromatic carbocycles. The van der Waals surface area contributed by atoms with E-state index in [1.165, 1.54) is 0 Å². The number of hydrogen-bond donors (Lipinski definition) is 1. The summed E-state index contributed by atoms with van der Waals surface area (Å²) in [6.07, 6.45) is 0. The first-order valence-corrected chi connectivity index (χ1v) is 5.96. The average molecular weight is 284 g/mol. The lowest BCUT2D eigenvalue weighted by molar-refractivity contribution is 0.458. The van der Waals surface area contributed by atoms with Gasteiger partial charge in [0, 0.05) is 16.3 Å². The van der Waals surface area contributed by atoms with Crippen molar-refractivity contribution in [2.24, 2.45) is 0 Å². The van der Waals surface area contributed by atoms with Crippen LogP contribution in [0.5, 0.6) is 11.6 Å². The monoisotopic (exact) mass is 283 g/mol. The van der Waals surface area contributed by atoms with E-state index >= 15 is 0 Å². The van der Waals surface area contributed by atoms with Gasteiger partial charge in [-0.1, -0.05) is 23.2 Å². The first-order chi connectivity index (χ1) is 8.47. The maximum absolute atomic E-state index is 6.03. The smallest absolute Gasteiger partial charge is 0.227 e. The van der Waals surface area contributed by atoms with Gasteiger partial charge in [0.05, 0.1) is 5.02 Å². The van der Waals surface area contributed by atoms with Crippen molar-refractivity contribution in [3.05, 3.63) is 39.5 Å². The van der Waals surface area contributed by atoms with Crippen LogP contribution in [0.4, 0.5) is 5.95 Å². The number of nitrogens with zero attached hydrogens (tertiary/aromatic N) is 2. The minimum atomic E-state index is 0.165. The van der Waals surface area contributed by atoms with Crippen LogP contribution in [0.15, 0.2) is 18.2 Å². The van der Waals surface area contributed by atoms with Crippen molar-refractivity contribution in [2.75, 3.05) is 5.73 Å². The van der Waals surface area contributed by atoms with E-state index in [4.69, 9.17) is 33.7 Å². The molecule has 0 saturated heterocycles. The molecule has 4 nitrogen and oxygen atoms in total. The summed E-state index contributed by atoms with van der Waals surface area (Å²) in [6.45, 7) is 3.69. The van der Waals surface area contributed by atoms with Crippen molar-refractivity contribution in [3.8, 4) is 11.6 Å². The van der Waals surface area contributed by atoms with Gasteiger partial charge in [-0.3, -0.25) is 0 Å². The highest BCUT2D eigenvalue weighted by Crippen LogP contribution is 2.32. The number of nitrogens with two attached hydrogens (primary N) is 1. The van der Waals surface area contributed by atoms with E-state index < -0.39 is 0 Å². The van der Waals surface area contributed by atoms with E-state index in [1.54, 1.807) is 18.2 Å². The van der Waals surface area contributed by atoms with Crippen LogP contribution in [0, 0.1) is 13.8 Å². The number of aromatic nitrogens is 2. The summed E-state index contributed by atoms with van der Waals surface area (Å²) in [5, 5.41) is 0.958. The Labute approximate surface area is 115 Å². The maximum atomic E-state index is 6.03. The van der Waals surface area contributed by atoms with E-state index in [0.29, 0.717) is 21.7 Å². The Kier molecular flexibility index (Phi) is 3.59. The fourth-order valence-electron chi connectivity index (χ4n) is 1.38. The quantitative estimate of drug-likeness (QED) is 0.911. The molecule has 0 fully saturated rings. The van der Waals surface area contributed by atoms with E-state index in [0.717, 1.165) is 11.3 Å². The molecule has 0 radical (unpaired) electrons. The second-order valence-corrected chi connectivity index (χ2v) is 4.62. The van der Waals surface area contributed by atoms with Crippen molar-refractivity contribution >= 4 is 29.2 Å². The molecule has 0 atom stereocenters. The number of rotatable bonds is 2. The molecule has 2 N–H and O–H groups in total. The van der Waals surface area contributed by atoms with Gasteiger partial charge in [-0.05, 0) is 32.0 Å². The minimum absolute atomic E-state index is 0.165. The third kappa shape index (κ3) is 2.66. The largest absolute Gasteiger partial charge is 0.437 e. The zero-order valence-corrected chi connectivity index (χ0v) is 11.4. The zero-order chi connectivity index (χ0) is 13.3. The predicted molar refractivity (Wildman–Crippen MR) is 72.5 cm³/mol. The third-order valence-corrected chi connectivity index (χ3v) is 2.99. The van der Waals surface area contributed by atoms with Crippen LogP contribution in [0.1, 0.15) is 11.3 Å². The standard InChI is InChI=1S/C12H11Cl2N3O/c1-6-7(2)16-12(15)17-11(6)18-10-4-3-8(13)5-9(10)14/h3-5H,1-2H3,(H2,15,16,17). The number of aryl methyl sites for hydroxylation is 1. The summed E-state index contributed by atoms with van der Waals surface area (Å²) >= 11 is 11.8. The second kappa shape index (κ2) is 5.00. The molecular formula is C12H11Cl2N3O. The summed E-state index contributed by atoms with van der Waals surface area (Å²) in [7, 11) is 0. The van der Waals surface area contributed by atoms with Crippen molar-refractivity contribution in [1.29, 1.82) is 0 Å². The molecule has 1 heterocycles. The molecule has 0 saturated carbocycles. The Morgan fingerprint density at radius 1 is 1.17 bits per heavy atom.